The molecule has 1 aliphatic carbocycles. The van der Waals surface area contributed by atoms with E-state index in [-0.39, 0.29) is 55.3 Å². The van der Waals surface area contributed by atoms with Gasteiger partial charge in [-0.2, -0.15) is 0 Å². The number of carboxylic acid groups (broad SMARTS) is 2. The molecule has 0 unspecified atom stereocenters. The number of likely N-dealkylation sites (tertiary alicyclic amines) is 1. The number of benzene rings is 2. The van der Waals surface area contributed by atoms with Crippen LogP contribution in [0, 0.1) is 0 Å². The number of nitrogens with one attached hydrogen (secondary N) is 4. The molecule has 302 valence electrons. The van der Waals surface area contributed by atoms with Crippen LogP contribution >= 0.6 is 0 Å². The van der Waals surface area contributed by atoms with Crippen LogP contribution in [0.25, 0.3) is 11.1 Å². The second-order valence-corrected chi connectivity index (χ2v) is 13.4. The molecule has 1 fully saturated rings. The Bertz CT molecular complexity index is 2020. The van der Waals surface area contributed by atoms with Crippen LogP contribution in [0.5, 0.6) is 0 Å². The average molecular weight is 792 g/mol. The Morgan fingerprint density at radius 2 is 1.26 bits per heavy atom. The van der Waals surface area contributed by atoms with Gasteiger partial charge in [-0.1, -0.05) is 24.3 Å². The number of rotatable bonds is 19. The SMILES string of the molecule is NC(=O)CC[C@H](NC(=O)c1ccc2c(c1)-c1ccccc1C(=O)C2=O)C(=O)N[C@@H](CCC(N)=O)C(=O)N1CCC[C@H]1C(=O)N[C@@H](CCC(=O)O)C(=O)NCC(=O)O. The summed E-state index contributed by atoms with van der Waals surface area (Å²) in [5, 5.41) is 27.5. The van der Waals surface area contributed by atoms with E-state index in [2.05, 4.69) is 21.3 Å². The maximum Gasteiger partial charge on any atom is 0.322 e. The van der Waals surface area contributed by atoms with Crippen molar-refractivity contribution in [3.05, 3.63) is 59.2 Å². The molecular formula is C37H41N7O13. The van der Waals surface area contributed by atoms with Gasteiger partial charge in [-0.15, -0.1) is 0 Å². The first-order valence-corrected chi connectivity index (χ1v) is 17.8. The molecule has 4 atom stereocenters. The molecule has 0 radical (unpaired) electrons. The first-order valence-electron chi connectivity index (χ1n) is 17.8. The molecule has 0 saturated carbocycles. The molecule has 10 N–H and O–H groups in total. The zero-order chi connectivity index (χ0) is 42.0. The van der Waals surface area contributed by atoms with Gasteiger partial charge in [-0.3, -0.25) is 52.7 Å². The molecule has 1 aliphatic heterocycles. The van der Waals surface area contributed by atoms with E-state index in [9.17, 15) is 52.7 Å². The summed E-state index contributed by atoms with van der Waals surface area (Å²) in [4.78, 5) is 140. The molecule has 20 heteroatoms. The quantitative estimate of drug-likeness (QED) is 0.0744. The highest BCUT2D eigenvalue weighted by Crippen LogP contribution is 2.34. The lowest BCUT2D eigenvalue weighted by Crippen LogP contribution is -2.58. The maximum atomic E-state index is 14.0. The van der Waals surface area contributed by atoms with E-state index >= 15 is 0 Å². The van der Waals surface area contributed by atoms with Crippen LogP contribution in [-0.2, 0) is 38.4 Å². The van der Waals surface area contributed by atoms with Crippen molar-refractivity contribution in [1.29, 1.82) is 0 Å². The summed E-state index contributed by atoms with van der Waals surface area (Å²) in [6, 6.07) is 4.57. The second kappa shape index (κ2) is 19.0. The van der Waals surface area contributed by atoms with Crippen molar-refractivity contribution in [3.8, 4) is 11.1 Å². The Morgan fingerprint density at radius 3 is 1.88 bits per heavy atom. The number of carboxylic acids is 2. The number of ketones is 2. The lowest BCUT2D eigenvalue weighted by atomic mass is 9.83. The molecule has 2 aliphatic rings. The van der Waals surface area contributed by atoms with Crippen LogP contribution in [-0.4, -0.2) is 117 Å². The standard InChI is InChI=1S/C37H41N7O13/c38-27(45)12-9-24(41-33(53)18-7-8-21-22(16-18)19-4-1-2-5-20(19)31(51)32(21)52)35(55)43-25(10-13-28(39)46)37(57)44-15-3-6-26(44)36(56)42-23(11-14-29(47)48)34(54)40-17-30(49)50/h1-2,4-5,7-8,16,23-26H,3,6,9-15,17H2,(H2,38,45)(H2,39,46)(H,40,54)(H,41,53)(H,42,56)(H,43,55)(H,47,48)(H,49,50)/t23-,24-,25-,26-/m0/s1. The first-order chi connectivity index (χ1) is 27.0. The van der Waals surface area contributed by atoms with Gasteiger partial charge in [0.05, 0.1) is 0 Å². The van der Waals surface area contributed by atoms with E-state index in [1.54, 1.807) is 18.2 Å². The average Bonchev–Trinajstić information content (AvgIpc) is 3.67. The van der Waals surface area contributed by atoms with E-state index in [0.717, 1.165) is 4.90 Å². The third kappa shape index (κ3) is 11.0. The summed E-state index contributed by atoms with van der Waals surface area (Å²) in [6.07, 6.45) is -2.07. The highest BCUT2D eigenvalue weighted by atomic mass is 16.4. The number of carbonyl (C=O) groups excluding carboxylic acids is 9. The molecule has 7 amide bonds. The number of nitrogens with two attached hydrogens (primary N) is 2. The minimum absolute atomic E-state index is 0.0116. The fourth-order valence-corrected chi connectivity index (χ4v) is 6.47. The van der Waals surface area contributed by atoms with Crippen molar-refractivity contribution in [2.75, 3.05) is 13.1 Å². The summed E-state index contributed by atoms with van der Waals surface area (Å²) in [6.45, 7) is -0.818. The van der Waals surface area contributed by atoms with Crippen LogP contribution < -0.4 is 32.7 Å². The Hall–Kier alpha value is -6.99. The topological polar surface area (TPSA) is 332 Å². The number of nitrogens with zero attached hydrogens (tertiary/aromatic N) is 1. The zero-order valence-electron chi connectivity index (χ0n) is 30.4. The fourth-order valence-electron chi connectivity index (χ4n) is 6.47. The highest BCUT2D eigenvalue weighted by molar-refractivity contribution is 6.53. The molecule has 0 aromatic heterocycles. The third-order valence-corrected chi connectivity index (χ3v) is 9.32. The van der Waals surface area contributed by atoms with Crippen molar-refractivity contribution < 1.29 is 63.0 Å². The van der Waals surface area contributed by atoms with Crippen molar-refractivity contribution in [2.45, 2.75) is 75.5 Å². The van der Waals surface area contributed by atoms with Gasteiger partial charge >= 0.3 is 11.9 Å². The highest BCUT2D eigenvalue weighted by Gasteiger charge is 2.40. The van der Waals surface area contributed by atoms with E-state index in [4.69, 9.17) is 21.7 Å². The van der Waals surface area contributed by atoms with Gasteiger partial charge in [0.25, 0.3) is 5.91 Å². The Kier molecular flexibility index (Phi) is 14.3. The summed E-state index contributed by atoms with van der Waals surface area (Å²) in [7, 11) is 0. The molecule has 1 heterocycles. The molecule has 2 aromatic carbocycles. The minimum atomic E-state index is -1.50. The number of carbonyl (C=O) groups is 11. The smallest absolute Gasteiger partial charge is 0.322 e. The van der Waals surface area contributed by atoms with Crippen LogP contribution in [0.15, 0.2) is 42.5 Å². The second-order valence-electron chi connectivity index (χ2n) is 13.4. The molecule has 1 saturated heterocycles. The Labute approximate surface area is 324 Å². The van der Waals surface area contributed by atoms with E-state index in [1.807, 2.05) is 0 Å². The molecule has 57 heavy (non-hydrogen) atoms. The van der Waals surface area contributed by atoms with Gasteiger partial charge in [0.15, 0.2) is 0 Å². The Morgan fingerprint density at radius 1 is 0.684 bits per heavy atom. The number of Topliss-reactive ketones (excluding diaryl/α,β-unsaturated/α-hetero) is 2. The number of amides is 7. The lowest BCUT2D eigenvalue weighted by Gasteiger charge is -2.30. The third-order valence-electron chi connectivity index (χ3n) is 9.32. The minimum Gasteiger partial charge on any atom is -0.481 e. The monoisotopic (exact) mass is 791 g/mol. The van der Waals surface area contributed by atoms with Crippen molar-refractivity contribution in [2.24, 2.45) is 11.5 Å². The zero-order valence-corrected chi connectivity index (χ0v) is 30.4. The lowest BCUT2D eigenvalue weighted by molar-refractivity contribution is -0.143. The Balaban J connectivity index is 1.54. The van der Waals surface area contributed by atoms with Crippen LogP contribution in [0.3, 0.4) is 0 Å². The summed E-state index contributed by atoms with van der Waals surface area (Å²) in [5.41, 5.74) is 11.6. The fraction of sp³-hybridized carbons (Fsp3) is 0.378. The van der Waals surface area contributed by atoms with Crippen LogP contribution in [0.2, 0.25) is 0 Å². The van der Waals surface area contributed by atoms with E-state index < -0.39 is 115 Å². The predicted molar refractivity (Wildman–Crippen MR) is 195 cm³/mol. The van der Waals surface area contributed by atoms with E-state index in [0.29, 0.717) is 11.1 Å². The van der Waals surface area contributed by atoms with Crippen LogP contribution in [0.4, 0.5) is 0 Å². The van der Waals surface area contributed by atoms with Gasteiger partial charge in [0.2, 0.25) is 47.0 Å². The summed E-state index contributed by atoms with van der Waals surface area (Å²) < 4.78 is 0. The van der Waals surface area contributed by atoms with Crippen molar-refractivity contribution >= 4 is 64.9 Å². The van der Waals surface area contributed by atoms with Gasteiger partial charge in [-0.25, -0.2) is 0 Å². The van der Waals surface area contributed by atoms with E-state index in [1.165, 1.54) is 24.3 Å². The largest absolute Gasteiger partial charge is 0.481 e. The van der Waals surface area contributed by atoms with Crippen molar-refractivity contribution in [1.82, 2.24) is 26.2 Å². The summed E-state index contributed by atoms with van der Waals surface area (Å²) in [5.74, 6) is -10.3. The number of hydrogen-bond donors (Lipinski definition) is 8. The molecule has 20 nitrogen and oxygen atoms in total. The normalized spacial score (nSPS) is 15.9. The molecule has 0 bridgehead atoms. The molecule has 0 spiro atoms. The number of aliphatic carboxylic acids is 2. The number of fused-ring (bicyclic) bond motifs is 3. The molecular weight excluding hydrogens is 750 g/mol. The van der Waals surface area contributed by atoms with Gasteiger partial charge in [-0.05, 0) is 61.4 Å². The van der Waals surface area contributed by atoms with Gasteiger partial charge < -0.3 is 47.8 Å². The maximum absolute atomic E-state index is 14.0. The van der Waals surface area contributed by atoms with Gasteiger partial charge in [0.1, 0.15) is 30.7 Å². The summed E-state index contributed by atoms with van der Waals surface area (Å²) >= 11 is 0. The first kappa shape index (κ1) is 42.7. The van der Waals surface area contributed by atoms with Crippen molar-refractivity contribution in [3.63, 3.8) is 0 Å². The van der Waals surface area contributed by atoms with Gasteiger partial charge in [0, 0.05) is 42.5 Å². The molecule has 4 rings (SSSR count). The molecule has 2 aromatic rings. The van der Waals surface area contributed by atoms with Crippen LogP contribution in [0.1, 0.15) is 82.4 Å². The number of hydrogen-bond acceptors (Lipinski definition) is 11. The number of primary amides is 2. The predicted octanol–water partition coefficient (Wildman–Crippen LogP) is -1.61.